The van der Waals surface area contributed by atoms with E-state index in [-0.39, 0.29) is 5.56 Å². The van der Waals surface area contributed by atoms with Crippen LogP contribution < -0.4 is 10.3 Å². The van der Waals surface area contributed by atoms with Crippen LogP contribution in [0.4, 0.5) is 0 Å². The van der Waals surface area contributed by atoms with E-state index >= 15 is 0 Å². The lowest BCUT2D eigenvalue weighted by Crippen LogP contribution is -2.07. The largest absolute Gasteiger partial charge is 0.460 e. The highest BCUT2D eigenvalue weighted by Gasteiger charge is 2.11. The zero-order chi connectivity index (χ0) is 18.1. The molecule has 0 amide bonds. The molecule has 0 unspecified atom stereocenters. The first-order chi connectivity index (χ1) is 12.6. The lowest BCUT2D eigenvalue weighted by atomic mass is 10.1. The normalized spacial score (nSPS) is 11.0. The van der Waals surface area contributed by atoms with Crippen molar-refractivity contribution in [1.82, 2.24) is 10.2 Å². The van der Waals surface area contributed by atoms with E-state index < -0.39 is 0 Å². The van der Waals surface area contributed by atoms with Gasteiger partial charge in [-0.15, -0.1) is 0 Å². The molecule has 130 valence electrons. The minimum Gasteiger partial charge on any atom is -0.460 e. The molecule has 2 aromatic heterocycles. The second kappa shape index (κ2) is 7.09. The number of rotatable bonds is 4. The van der Waals surface area contributed by atoms with Crippen LogP contribution in [0.3, 0.4) is 0 Å². The highest BCUT2D eigenvalue weighted by atomic mass is 79.9. The van der Waals surface area contributed by atoms with Crippen molar-refractivity contribution in [2.75, 3.05) is 0 Å². The van der Waals surface area contributed by atoms with E-state index in [4.69, 9.17) is 9.15 Å². The molecule has 7 heteroatoms. The lowest BCUT2D eigenvalue weighted by Gasteiger charge is -2.10. The maximum absolute atomic E-state index is 11.2. The van der Waals surface area contributed by atoms with Crippen LogP contribution in [0.25, 0.3) is 11.0 Å². The van der Waals surface area contributed by atoms with Crippen LogP contribution in [-0.4, -0.2) is 10.2 Å². The highest BCUT2D eigenvalue weighted by molar-refractivity contribution is 9.11. The maximum atomic E-state index is 11.2. The van der Waals surface area contributed by atoms with Gasteiger partial charge in [0.2, 0.25) is 0 Å². The van der Waals surface area contributed by atoms with Crippen LogP contribution >= 0.6 is 31.9 Å². The van der Waals surface area contributed by atoms with Crippen LogP contribution in [-0.2, 0) is 6.42 Å². The first-order valence-corrected chi connectivity index (χ1v) is 9.34. The number of aromatic nitrogens is 2. The molecule has 0 atom stereocenters. The average molecular weight is 476 g/mol. The summed E-state index contributed by atoms with van der Waals surface area (Å²) < 4.78 is 13.5. The lowest BCUT2D eigenvalue weighted by molar-refractivity contribution is 0.471. The third-order valence-electron chi connectivity index (χ3n) is 3.76. The smallest absolute Gasteiger partial charge is 0.264 e. The molecule has 0 aliphatic carbocycles. The van der Waals surface area contributed by atoms with Gasteiger partial charge in [0.05, 0.1) is 12.0 Å². The second-order valence-corrected chi connectivity index (χ2v) is 7.56. The Labute approximate surface area is 165 Å². The molecule has 0 radical (unpaired) electrons. The van der Waals surface area contributed by atoms with Crippen LogP contribution in [0, 0.1) is 0 Å². The van der Waals surface area contributed by atoms with Gasteiger partial charge in [-0.3, -0.25) is 4.79 Å². The van der Waals surface area contributed by atoms with Crippen molar-refractivity contribution < 1.29 is 9.15 Å². The SMILES string of the molecule is O=c1ccc(Cc2cc(Oc3cc(Br)cc(Br)c3)c3occc3c2)n[nH]1. The van der Waals surface area contributed by atoms with Crippen LogP contribution in [0.15, 0.2) is 73.0 Å². The van der Waals surface area contributed by atoms with Gasteiger partial charge < -0.3 is 9.15 Å². The number of nitrogens with zero attached hydrogens (tertiary/aromatic N) is 1. The maximum Gasteiger partial charge on any atom is 0.264 e. The highest BCUT2D eigenvalue weighted by Crippen LogP contribution is 2.35. The monoisotopic (exact) mass is 474 g/mol. The van der Waals surface area contributed by atoms with Crippen molar-refractivity contribution in [1.29, 1.82) is 0 Å². The van der Waals surface area contributed by atoms with Gasteiger partial charge in [-0.05, 0) is 48.0 Å². The number of aromatic amines is 1. The topological polar surface area (TPSA) is 68.1 Å². The number of benzene rings is 2. The molecule has 0 spiro atoms. The van der Waals surface area contributed by atoms with E-state index in [9.17, 15) is 4.79 Å². The Morgan fingerprint density at radius 2 is 1.85 bits per heavy atom. The summed E-state index contributed by atoms with van der Waals surface area (Å²) in [6.07, 6.45) is 2.20. The van der Waals surface area contributed by atoms with Gasteiger partial charge in [-0.25, -0.2) is 5.10 Å². The number of nitrogens with one attached hydrogen (secondary N) is 1. The third kappa shape index (κ3) is 3.73. The van der Waals surface area contributed by atoms with Crippen molar-refractivity contribution in [2.24, 2.45) is 0 Å². The quantitative estimate of drug-likeness (QED) is 0.427. The molecular formula is C19H12Br2N2O3. The van der Waals surface area contributed by atoms with Gasteiger partial charge in [0.15, 0.2) is 11.3 Å². The summed E-state index contributed by atoms with van der Waals surface area (Å²) >= 11 is 6.92. The summed E-state index contributed by atoms with van der Waals surface area (Å²) in [5, 5.41) is 7.46. The molecule has 26 heavy (non-hydrogen) atoms. The summed E-state index contributed by atoms with van der Waals surface area (Å²) in [5.74, 6) is 1.31. The van der Waals surface area contributed by atoms with Gasteiger partial charge in [-0.1, -0.05) is 31.9 Å². The number of hydrogen-bond acceptors (Lipinski definition) is 4. The second-order valence-electron chi connectivity index (χ2n) is 5.73. The van der Waals surface area contributed by atoms with Crippen molar-refractivity contribution in [3.05, 3.63) is 85.4 Å². The predicted octanol–water partition coefficient (Wildman–Crippen LogP) is 5.42. The predicted molar refractivity (Wildman–Crippen MR) is 106 cm³/mol. The van der Waals surface area contributed by atoms with Crippen molar-refractivity contribution in [2.45, 2.75) is 6.42 Å². The molecule has 2 heterocycles. The Morgan fingerprint density at radius 1 is 1.04 bits per heavy atom. The number of hydrogen-bond donors (Lipinski definition) is 1. The Kier molecular flexibility index (Phi) is 4.65. The summed E-state index contributed by atoms with van der Waals surface area (Å²) in [5.41, 5.74) is 2.23. The number of furan rings is 1. The average Bonchev–Trinajstić information content (AvgIpc) is 3.05. The van der Waals surface area contributed by atoms with Crippen molar-refractivity contribution in [3.8, 4) is 11.5 Å². The van der Waals surface area contributed by atoms with Crippen molar-refractivity contribution >= 4 is 42.8 Å². The van der Waals surface area contributed by atoms with E-state index in [1.165, 1.54) is 6.07 Å². The van der Waals surface area contributed by atoms with Crippen LogP contribution in [0.5, 0.6) is 11.5 Å². The number of fused-ring (bicyclic) bond motifs is 1. The van der Waals surface area contributed by atoms with E-state index in [2.05, 4.69) is 42.1 Å². The zero-order valence-electron chi connectivity index (χ0n) is 13.3. The molecule has 1 N–H and O–H groups in total. The number of ether oxygens (including phenoxy) is 1. The van der Waals surface area contributed by atoms with E-state index in [1.807, 2.05) is 36.4 Å². The number of H-pyrrole nitrogens is 1. The van der Waals surface area contributed by atoms with Gasteiger partial charge in [-0.2, -0.15) is 5.10 Å². The van der Waals surface area contributed by atoms with Crippen LogP contribution in [0.2, 0.25) is 0 Å². The molecule has 0 saturated heterocycles. The fraction of sp³-hybridized carbons (Fsp3) is 0.0526. The molecule has 4 rings (SSSR count). The molecule has 0 aliphatic rings. The Balaban J connectivity index is 1.72. The molecule has 5 nitrogen and oxygen atoms in total. The molecular weight excluding hydrogens is 464 g/mol. The Morgan fingerprint density at radius 3 is 2.58 bits per heavy atom. The summed E-state index contributed by atoms with van der Waals surface area (Å²) in [7, 11) is 0. The molecule has 0 saturated carbocycles. The third-order valence-corrected chi connectivity index (χ3v) is 4.68. The summed E-state index contributed by atoms with van der Waals surface area (Å²) in [4.78, 5) is 11.2. The number of halogens is 2. The van der Waals surface area contributed by atoms with Gasteiger partial charge >= 0.3 is 0 Å². The van der Waals surface area contributed by atoms with Crippen LogP contribution in [0.1, 0.15) is 11.3 Å². The first-order valence-electron chi connectivity index (χ1n) is 7.75. The molecule has 0 fully saturated rings. The Bertz CT molecular complexity index is 1110. The Hall–Kier alpha value is -2.38. The van der Waals surface area contributed by atoms with Gasteiger partial charge in [0.25, 0.3) is 5.56 Å². The minimum atomic E-state index is -0.219. The summed E-state index contributed by atoms with van der Waals surface area (Å²) in [6.45, 7) is 0. The molecule has 2 aromatic carbocycles. The minimum absolute atomic E-state index is 0.219. The van der Waals surface area contributed by atoms with E-state index in [0.29, 0.717) is 23.5 Å². The zero-order valence-corrected chi connectivity index (χ0v) is 16.5. The van der Waals surface area contributed by atoms with E-state index in [0.717, 1.165) is 25.6 Å². The molecule has 0 aliphatic heterocycles. The molecule has 0 bridgehead atoms. The van der Waals surface area contributed by atoms with Crippen molar-refractivity contribution in [3.63, 3.8) is 0 Å². The molecule has 4 aromatic rings. The van der Waals surface area contributed by atoms with Gasteiger partial charge in [0.1, 0.15) is 5.75 Å². The standard InChI is InChI=1S/C19H12Br2N2O3/c20-13-8-14(21)10-16(9-13)26-17-7-11(5-12-3-4-25-19(12)17)6-15-1-2-18(24)23-22-15/h1-5,7-10H,6H2,(H,23,24). The van der Waals surface area contributed by atoms with E-state index in [1.54, 1.807) is 12.3 Å². The van der Waals surface area contributed by atoms with Gasteiger partial charge in [0, 0.05) is 26.8 Å². The first kappa shape index (κ1) is 17.1. The fourth-order valence-corrected chi connectivity index (χ4v) is 3.93. The fourth-order valence-electron chi connectivity index (χ4n) is 2.68. The summed E-state index contributed by atoms with van der Waals surface area (Å²) in [6, 6.07) is 14.7.